The minimum Gasteiger partial charge on any atom is -0.369 e. The topological polar surface area (TPSA) is 153 Å². The Balaban J connectivity index is 1.48. The van der Waals surface area contributed by atoms with Gasteiger partial charge in [0.15, 0.2) is 5.17 Å². The highest BCUT2D eigenvalue weighted by Crippen LogP contribution is 2.28. The molecule has 13 heteroatoms. The highest BCUT2D eigenvalue weighted by molar-refractivity contribution is 8.15. The number of carbonyl (C=O) groups excluding carboxylic acids is 2. The van der Waals surface area contributed by atoms with Gasteiger partial charge in [-0.05, 0) is 25.5 Å². The number of nitrogens with zero attached hydrogens (tertiary/aromatic N) is 3. The Labute approximate surface area is 206 Å². The number of aromatic nitrogens is 2. The molecular formula is C21H27ClN8O3S. The first-order valence-electron chi connectivity index (χ1n) is 10.6. The predicted molar refractivity (Wildman–Crippen MR) is 135 cm³/mol. The molecular weight excluding hydrogens is 480 g/mol. The molecule has 0 radical (unpaired) electrons. The lowest BCUT2D eigenvalue weighted by molar-refractivity contribution is -0.129. The van der Waals surface area contributed by atoms with E-state index < -0.39 is 5.91 Å². The molecule has 1 aromatic carbocycles. The van der Waals surface area contributed by atoms with Gasteiger partial charge in [0, 0.05) is 32.1 Å². The van der Waals surface area contributed by atoms with Gasteiger partial charge >= 0.3 is 0 Å². The van der Waals surface area contributed by atoms with Crippen molar-refractivity contribution in [1.29, 1.82) is 0 Å². The van der Waals surface area contributed by atoms with Gasteiger partial charge in [-0.15, -0.1) is 0 Å². The van der Waals surface area contributed by atoms with Gasteiger partial charge in [-0.1, -0.05) is 35.5 Å². The van der Waals surface area contributed by atoms with Gasteiger partial charge in [0.05, 0.1) is 17.3 Å². The van der Waals surface area contributed by atoms with Crippen LogP contribution in [0.25, 0.3) is 0 Å². The number of hydrogen-bond acceptors (Lipinski definition) is 10. The van der Waals surface area contributed by atoms with E-state index in [2.05, 4.69) is 36.2 Å². The maximum atomic E-state index is 12.7. The smallest absolute Gasteiger partial charge is 0.244 e. The van der Waals surface area contributed by atoms with Crippen molar-refractivity contribution in [1.82, 2.24) is 20.8 Å². The molecule has 0 fully saturated rings. The van der Waals surface area contributed by atoms with Crippen LogP contribution in [0.3, 0.4) is 0 Å². The minimum absolute atomic E-state index is 0.160. The van der Waals surface area contributed by atoms with Crippen LogP contribution in [0.1, 0.15) is 17.8 Å². The Morgan fingerprint density at radius 3 is 2.74 bits per heavy atom. The van der Waals surface area contributed by atoms with Gasteiger partial charge < -0.3 is 21.3 Å². The molecule has 1 aromatic heterocycles. The van der Waals surface area contributed by atoms with E-state index in [1.807, 2.05) is 19.1 Å². The molecule has 2 amide bonds. The third-order valence-electron chi connectivity index (χ3n) is 4.75. The van der Waals surface area contributed by atoms with Crippen LogP contribution in [0.15, 0.2) is 29.3 Å². The molecule has 182 valence electrons. The third kappa shape index (κ3) is 7.55. The van der Waals surface area contributed by atoms with Crippen LogP contribution in [0.2, 0.25) is 5.02 Å². The van der Waals surface area contributed by atoms with Crippen LogP contribution in [-0.2, 0) is 9.59 Å². The van der Waals surface area contributed by atoms with E-state index in [4.69, 9.17) is 16.8 Å². The molecule has 0 saturated heterocycles. The van der Waals surface area contributed by atoms with Gasteiger partial charge in [0.25, 0.3) is 0 Å². The van der Waals surface area contributed by atoms with Crippen LogP contribution in [0.5, 0.6) is 0 Å². The van der Waals surface area contributed by atoms with Crippen LogP contribution in [0.4, 0.5) is 17.3 Å². The molecule has 1 aliphatic heterocycles. The molecule has 34 heavy (non-hydrogen) atoms. The number of hydroxylamine groups is 1. The Bertz CT molecular complexity index is 1050. The molecule has 0 spiro atoms. The van der Waals surface area contributed by atoms with E-state index >= 15 is 0 Å². The summed E-state index contributed by atoms with van der Waals surface area (Å²) < 4.78 is 0. The number of aliphatic imine (C=N–C) groups is 1. The molecule has 2 heterocycles. The van der Waals surface area contributed by atoms with Crippen LogP contribution in [0, 0.1) is 13.8 Å². The average Bonchev–Trinajstić information content (AvgIpc) is 3.26. The summed E-state index contributed by atoms with van der Waals surface area (Å²) in [5.41, 5.74) is 3.10. The molecule has 0 aliphatic carbocycles. The molecule has 1 aliphatic rings. The largest absolute Gasteiger partial charge is 0.369 e. The first-order valence-corrected chi connectivity index (χ1v) is 11.9. The summed E-state index contributed by atoms with van der Waals surface area (Å²) in [6.07, 6.45) is 0.188. The second-order valence-corrected chi connectivity index (χ2v) is 9.04. The number of amidine groups is 1. The second kappa shape index (κ2) is 12.5. The van der Waals surface area contributed by atoms with E-state index in [1.165, 1.54) is 11.8 Å². The zero-order valence-corrected chi connectivity index (χ0v) is 20.4. The fraction of sp³-hybridized carbons (Fsp3) is 0.381. The normalized spacial score (nSPS) is 14.9. The Morgan fingerprint density at radius 1 is 1.18 bits per heavy atom. The van der Waals surface area contributed by atoms with Gasteiger partial charge in [-0.2, -0.15) is 0 Å². The minimum atomic E-state index is -0.436. The highest BCUT2D eigenvalue weighted by Gasteiger charge is 2.27. The Hall–Kier alpha value is -2.93. The molecule has 2 aromatic rings. The summed E-state index contributed by atoms with van der Waals surface area (Å²) in [6, 6.07) is 7.23. The fourth-order valence-corrected chi connectivity index (χ4v) is 4.23. The third-order valence-corrected chi connectivity index (χ3v) is 6.17. The lowest BCUT2D eigenvalue weighted by Crippen LogP contribution is -2.28. The van der Waals surface area contributed by atoms with Gasteiger partial charge in [-0.3, -0.25) is 19.8 Å². The number of para-hydroxylation sites is 1. The summed E-state index contributed by atoms with van der Waals surface area (Å²) in [7, 11) is 0. The Kier molecular flexibility index (Phi) is 9.45. The fourth-order valence-electron chi connectivity index (χ4n) is 3.07. The first kappa shape index (κ1) is 25.7. The van der Waals surface area contributed by atoms with Crippen LogP contribution < -0.4 is 26.7 Å². The number of benzene rings is 1. The number of thioether (sulfide) groups is 1. The van der Waals surface area contributed by atoms with Crippen molar-refractivity contribution >= 4 is 57.7 Å². The molecule has 3 rings (SSSR count). The summed E-state index contributed by atoms with van der Waals surface area (Å²) in [5, 5.41) is 21.5. The summed E-state index contributed by atoms with van der Waals surface area (Å²) in [4.78, 5) is 36.9. The first-order chi connectivity index (χ1) is 16.4. The van der Waals surface area contributed by atoms with Gasteiger partial charge in [0.1, 0.15) is 22.7 Å². The molecule has 6 N–H and O–H groups in total. The average molecular weight is 507 g/mol. The lowest BCUT2D eigenvalue weighted by atomic mass is 10.2. The predicted octanol–water partition coefficient (Wildman–Crippen LogP) is 2.17. The van der Waals surface area contributed by atoms with E-state index in [0.29, 0.717) is 59.5 Å². The monoisotopic (exact) mass is 506 g/mol. The second-order valence-electron chi connectivity index (χ2n) is 7.45. The lowest BCUT2D eigenvalue weighted by Gasteiger charge is -2.13. The van der Waals surface area contributed by atoms with Crippen molar-refractivity contribution in [2.75, 3.05) is 42.1 Å². The summed E-state index contributed by atoms with van der Waals surface area (Å²) in [5.74, 6) is 1.18. The molecule has 1 atom stereocenters. The quantitative estimate of drug-likeness (QED) is 0.162. The summed E-state index contributed by atoms with van der Waals surface area (Å²) in [6.45, 7) is 5.66. The van der Waals surface area contributed by atoms with E-state index in [0.717, 1.165) is 5.56 Å². The number of anilines is 3. The van der Waals surface area contributed by atoms with Crippen molar-refractivity contribution in [2.24, 2.45) is 4.99 Å². The maximum Gasteiger partial charge on any atom is 0.244 e. The molecule has 11 nitrogen and oxygen atoms in total. The number of amides is 2. The van der Waals surface area contributed by atoms with Crippen molar-refractivity contribution in [2.45, 2.75) is 25.5 Å². The van der Waals surface area contributed by atoms with Crippen molar-refractivity contribution in [3.8, 4) is 0 Å². The van der Waals surface area contributed by atoms with Crippen LogP contribution in [-0.4, -0.2) is 63.6 Å². The van der Waals surface area contributed by atoms with Crippen molar-refractivity contribution in [3.63, 3.8) is 0 Å². The van der Waals surface area contributed by atoms with Crippen molar-refractivity contribution in [3.05, 3.63) is 40.7 Å². The van der Waals surface area contributed by atoms with E-state index in [1.54, 1.807) is 24.5 Å². The van der Waals surface area contributed by atoms with E-state index in [9.17, 15) is 9.59 Å². The maximum absolute atomic E-state index is 12.7. The number of nitrogens with one attached hydrogen (secondary N) is 5. The number of carbonyl (C=O) groups is 2. The van der Waals surface area contributed by atoms with Crippen LogP contribution >= 0.6 is 23.4 Å². The molecule has 1 unspecified atom stereocenters. The zero-order chi connectivity index (χ0) is 24.5. The van der Waals surface area contributed by atoms with Gasteiger partial charge in [-0.25, -0.2) is 15.4 Å². The van der Waals surface area contributed by atoms with E-state index in [-0.39, 0.29) is 17.6 Å². The summed E-state index contributed by atoms with van der Waals surface area (Å²) >= 11 is 7.54. The van der Waals surface area contributed by atoms with Crippen molar-refractivity contribution < 1.29 is 14.8 Å². The molecule has 0 bridgehead atoms. The van der Waals surface area contributed by atoms with Gasteiger partial charge in [0.2, 0.25) is 11.8 Å². The number of halogens is 1. The number of hydrogen-bond donors (Lipinski definition) is 6. The highest BCUT2D eigenvalue weighted by atomic mass is 35.5. The molecule has 0 saturated carbocycles. The standard InChI is InChI=1S/C21H27ClN8O3S/c1-12-4-3-5-14(22)19(12)29-20(32)15-11-25-21(34-15)28-17-10-16(26-13(2)27-17)24-9-8-23-7-6-18(31)30-33/h3-5,10,15,23,33H,6-9,11H2,1-2H3,(H,29,32)(H,30,31)(H2,24,25,26,27,28). The number of aryl methyl sites for hydroxylation is 2. The Morgan fingerprint density at radius 2 is 1.97 bits per heavy atom. The zero-order valence-electron chi connectivity index (χ0n) is 18.8. The SMILES string of the molecule is Cc1nc(NCCNCCC(=O)NO)cc(NC2=NCC(C(=O)Nc3c(C)cccc3Cl)S2)n1. The number of rotatable bonds is 10.